The molecule has 2 unspecified atom stereocenters. The smallest absolute Gasteiger partial charge is 0.0644 e. The lowest BCUT2D eigenvalue weighted by molar-refractivity contribution is 0.466. The van der Waals surface area contributed by atoms with Gasteiger partial charge in [0, 0.05) is 42.2 Å². The van der Waals surface area contributed by atoms with E-state index in [1.165, 1.54) is 22.5 Å². The molecule has 0 saturated carbocycles. The molecule has 20 heavy (non-hydrogen) atoms. The summed E-state index contributed by atoms with van der Waals surface area (Å²) in [5, 5.41) is 8.07. The molecular formula is C16H22N4. The summed E-state index contributed by atoms with van der Waals surface area (Å²) in [6.45, 7) is 4.24. The number of nitrogens with zero attached hydrogens (tertiary/aromatic N) is 3. The molecule has 0 spiro atoms. The number of hydrogen-bond acceptors (Lipinski definition) is 3. The molecule has 1 aliphatic carbocycles. The third kappa shape index (κ3) is 1.95. The molecule has 2 heterocycles. The Morgan fingerprint density at radius 2 is 2.20 bits per heavy atom. The Labute approximate surface area is 120 Å². The minimum Gasteiger partial charge on any atom is -0.312 e. The van der Waals surface area contributed by atoms with E-state index in [2.05, 4.69) is 35.3 Å². The largest absolute Gasteiger partial charge is 0.312 e. The van der Waals surface area contributed by atoms with E-state index in [4.69, 9.17) is 0 Å². The van der Waals surface area contributed by atoms with Gasteiger partial charge in [-0.25, -0.2) is 0 Å². The number of aromatic nitrogens is 3. The van der Waals surface area contributed by atoms with Crippen LogP contribution in [0.1, 0.15) is 46.6 Å². The first-order valence-corrected chi connectivity index (χ1v) is 7.24. The lowest BCUT2D eigenvalue weighted by atomic mass is 9.89. The second-order valence-electron chi connectivity index (χ2n) is 5.67. The van der Waals surface area contributed by atoms with Crippen LogP contribution in [0.3, 0.4) is 0 Å². The number of likely N-dealkylation sites (N-methyl/N-ethyl adjacent to an activating group) is 1. The van der Waals surface area contributed by atoms with Crippen LogP contribution in [0.5, 0.6) is 0 Å². The highest BCUT2D eigenvalue weighted by Gasteiger charge is 2.33. The summed E-state index contributed by atoms with van der Waals surface area (Å²) in [5.74, 6) is 0.442. The van der Waals surface area contributed by atoms with E-state index in [-0.39, 0.29) is 0 Å². The van der Waals surface area contributed by atoms with Gasteiger partial charge in [0.1, 0.15) is 0 Å². The maximum atomic E-state index is 4.63. The molecule has 0 amide bonds. The Morgan fingerprint density at radius 1 is 1.40 bits per heavy atom. The predicted octanol–water partition coefficient (Wildman–Crippen LogP) is 2.42. The van der Waals surface area contributed by atoms with Crippen molar-refractivity contribution in [1.29, 1.82) is 0 Å². The maximum Gasteiger partial charge on any atom is 0.0644 e. The molecule has 0 saturated heterocycles. The summed E-state index contributed by atoms with van der Waals surface area (Å²) in [4.78, 5) is 4.63. The Balaban J connectivity index is 2.04. The maximum absolute atomic E-state index is 4.63. The molecular weight excluding hydrogens is 248 g/mol. The van der Waals surface area contributed by atoms with Crippen molar-refractivity contribution < 1.29 is 0 Å². The Bertz CT molecular complexity index is 629. The molecule has 1 aliphatic rings. The normalized spacial score (nSPS) is 19.1. The van der Waals surface area contributed by atoms with Crippen molar-refractivity contribution in [1.82, 2.24) is 20.1 Å². The summed E-state index contributed by atoms with van der Waals surface area (Å²) >= 11 is 0. The first-order valence-electron chi connectivity index (χ1n) is 7.24. The zero-order valence-electron chi connectivity index (χ0n) is 12.6. The first-order chi connectivity index (χ1) is 9.63. The van der Waals surface area contributed by atoms with Crippen LogP contribution in [0, 0.1) is 13.8 Å². The molecule has 106 valence electrons. The van der Waals surface area contributed by atoms with E-state index >= 15 is 0 Å². The summed E-state index contributed by atoms with van der Waals surface area (Å²) < 4.78 is 1.98. The van der Waals surface area contributed by atoms with Crippen molar-refractivity contribution >= 4 is 0 Å². The third-order valence-corrected chi connectivity index (χ3v) is 4.59. The Morgan fingerprint density at radius 3 is 2.85 bits per heavy atom. The lowest BCUT2D eigenvalue weighted by Crippen LogP contribution is -2.24. The van der Waals surface area contributed by atoms with Crippen molar-refractivity contribution in [3.63, 3.8) is 0 Å². The van der Waals surface area contributed by atoms with Gasteiger partial charge in [-0.3, -0.25) is 9.67 Å². The number of nitrogens with one attached hydrogen (secondary N) is 1. The van der Waals surface area contributed by atoms with Crippen LogP contribution >= 0.6 is 0 Å². The van der Waals surface area contributed by atoms with Crippen molar-refractivity contribution in [3.8, 4) is 0 Å². The van der Waals surface area contributed by atoms with Crippen LogP contribution in [-0.4, -0.2) is 21.8 Å². The number of rotatable bonds is 3. The van der Waals surface area contributed by atoms with Gasteiger partial charge in [-0.1, -0.05) is 6.07 Å². The van der Waals surface area contributed by atoms with Gasteiger partial charge in [0.15, 0.2) is 0 Å². The molecule has 2 aromatic heterocycles. The van der Waals surface area contributed by atoms with Crippen molar-refractivity contribution in [2.75, 3.05) is 7.05 Å². The fraction of sp³-hybridized carbons (Fsp3) is 0.500. The molecule has 1 N–H and O–H groups in total. The predicted molar refractivity (Wildman–Crippen MR) is 79.8 cm³/mol. The molecule has 2 aromatic rings. The van der Waals surface area contributed by atoms with Gasteiger partial charge in [0.25, 0.3) is 0 Å². The molecule has 0 radical (unpaired) electrons. The fourth-order valence-corrected chi connectivity index (χ4v) is 3.56. The molecule has 4 heteroatoms. The van der Waals surface area contributed by atoms with Crippen molar-refractivity contribution in [3.05, 3.63) is 46.5 Å². The van der Waals surface area contributed by atoms with Crippen LogP contribution < -0.4 is 5.32 Å². The van der Waals surface area contributed by atoms with Crippen LogP contribution in [0.2, 0.25) is 0 Å². The van der Waals surface area contributed by atoms with Gasteiger partial charge in [-0.15, -0.1) is 0 Å². The standard InChI is InChI=1S/C16H22N4/c1-10-14(11(2)20(4)19-10)16(17-3)13-8-7-12-6-5-9-18-15(12)13/h5-6,9,13,16-17H,7-8H2,1-4H3. The molecule has 3 rings (SSSR count). The van der Waals surface area contributed by atoms with Crippen LogP contribution in [0.25, 0.3) is 0 Å². The topological polar surface area (TPSA) is 42.7 Å². The third-order valence-electron chi connectivity index (χ3n) is 4.59. The number of hydrogen-bond donors (Lipinski definition) is 1. The van der Waals surface area contributed by atoms with E-state index in [1.54, 1.807) is 0 Å². The Kier molecular flexibility index (Phi) is 3.34. The molecule has 0 bridgehead atoms. The van der Waals surface area contributed by atoms with Gasteiger partial charge in [0.05, 0.1) is 5.69 Å². The van der Waals surface area contributed by atoms with Gasteiger partial charge in [-0.2, -0.15) is 5.10 Å². The van der Waals surface area contributed by atoms with Crippen molar-refractivity contribution in [2.45, 2.75) is 38.6 Å². The summed E-state index contributed by atoms with van der Waals surface area (Å²) in [6, 6.07) is 4.54. The minimum absolute atomic E-state index is 0.292. The van der Waals surface area contributed by atoms with Crippen LogP contribution in [0.15, 0.2) is 18.3 Å². The average Bonchev–Trinajstić information content (AvgIpc) is 2.97. The number of aryl methyl sites for hydroxylation is 3. The highest BCUT2D eigenvalue weighted by atomic mass is 15.3. The van der Waals surface area contributed by atoms with E-state index in [1.807, 2.05) is 31.0 Å². The fourth-order valence-electron chi connectivity index (χ4n) is 3.56. The zero-order valence-corrected chi connectivity index (χ0v) is 12.6. The van der Waals surface area contributed by atoms with Crippen molar-refractivity contribution in [2.24, 2.45) is 7.05 Å². The van der Waals surface area contributed by atoms with Crippen LogP contribution in [-0.2, 0) is 13.5 Å². The SMILES string of the molecule is CNC(c1c(C)nn(C)c1C)C1CCc2cccnc21. The monoisotopic (exact) mass is 270 g/mol. The average molecular weight is 270 g/mol. The van der Waals surface area contributed by atoms with E-state index in [0.29, 0.717) is 12.0 Å². The number of pyridine rings is 1. The Hall–Kier alpha value is -1.68. The quantitative estimate of drug-likeness (QED) is 0.931. The van der Waals surface area contributed by atoms with Gasteiger partial charge < -0.3 is 5.32 Å². The second-order valence-corrected chi connectivity index (χ2v) is 5.67. The summed E-state index contributed by atoms with van der Waals surface area (Å²) in [5.41, 5.74) is 6.35. The summed E-state index contributed by atoms with van der Waals surface area (Å²) in [6.07, 6.45) is 4.20. The first kappa shape index (κ1) is 13.3. The molecule has 4 nitrogen and oxygen atoms in total. The van der Waals surface area contributed by atoms with E-state index in [9.17, 15) is 0 Å². The summed E-state index contributed by atoms with van der Waals surface area (Å²) in [7, 11) is 4.05. The number of fused-ring (bicyclic) bond motifs is 1. The highest BCUT2D eigenvalue weighted by molar-refractivity contribution is 5.36. The molecule has 0 aliphatic heterocycles. The molecule has 0 fully saturated rings. The second kappa shape index (κ2) is 5.02. The highest BCUT2D eigenvalue weighted by Crippen LogP contribution is 2.41. The lowest BCUT2D eigenvalue weighted by Gasteiger charge is -2.24. The molecule has 2 atom stereocenters. The van der Waals surface area contributed by atoms with Gasteiger partial charge >= 0.3 is 0 Å². The van der Waals surface area contributed by atoms with Gasteiger partial charge in [-0.05, 0) is 45.4 Å². The molecule has 0 aromatic carbocycles. The van der Waals surface area contributed by atoms with Gasteiger partial charge in [0.2, 0.25) is 0 Å². The van der Waals surface area contributed by atoms with Crippen LogP contribution in [0.4, 0.5) is 0 Å². The van der Waals surface area contributed by atoms with E-state index < -0.39 is 0 Å². The zero-order chi connectivity index (χ0) is 14.3. The van der Waals surface area contributed by atoms with E-state index in [0.717, 1.165) is 18.5 Å². The minimum atomic E-state index is 0.292.